The summed E-state index contributed by atoms with van der Waals surface area (Å²) in [6.45, 7) is 3.43. The van der Waals surface area contributed by atoms with E-state index < -0.39 is 5.60 Å². The molecule has 26 heavy (non-hydrogen) atoms. The van der Waals surface area contributed by atoms with Gasteiger partial charge in [-0.15, -0.1) is 0 Å². The highest BCUT2D eigenvalue weighted by atomic mass is 16.5. The van der Waals surface area contributed by atoms with Gasteiger partial charge in [0.05, 0.1) is 24.6 Å². The molecule has 3 rings (SSSR count). The molecule has 1 aliphatic rings. The summed E-state index contributed by atoms with van der Waals surface area (Å²) in [6.07, 6.45) is 3.90. The standard InChI is InChI=1S/C19H24N4O3/c1-14-6-4-5-7-16(14)26-13-19(25-3)8-9-23(12-19)18(24)17-21-10-15(20-2)11-22-17/h4-7,10-11,20H,8-9,12-13H2,1-3H3/t19-/m0/s1. The molecule has 1 N–H and O–H groups in total. The Hall–Kier alpha value is -2.67. The van der Waals surface area contributed by atoms with Crippen molar-refractivity contribution in [2.75, 3.05) is 39.2 Å². The topological polar surface area (TPSA) is 76.6 Å². The minimum Gasteiger partial charge on any atom is -0.490 e. The SMILES string of the molecule is CNc1cnc(C(=O)N2CC[C@](COc3ccccc3C)(OC)C2)nc1. The summed E-state index contributed by atoms with van der Waals surface area (Å²) in [5.41, 5.74) is 1.31. The van der Waals surface area contributed by atoms with Crippen molar-refractivity contribution in [3.05, 3.63) is 48.0 Å². The number of nitrogens with zero attached hydrogens (tertiary/aromatic N) is 3. The third-order valence-corrected chi connectivity index (χ3v) is 4.75. The number of aromatic nitrogens is 2. The lowest BCUT2D eigenvalue weighted by atomic mass is 10.0. The van der Waals surface area contributed by atoms with Crippen molar-refractivity contribution in [2.45, 2.75) is 18.9 Å². The lowest BCUT2D eigenvalue weighted by Gasteiger charge is -2.28. The van der Waals surface area contributed by atoms with E-state index in [4.69, 9.17) is 9.47 Å². The van der Waals surface area contributed by atoms with Crippen molar-refractivity contribution < 1.29 is 14.3 Å². The van der Waals surface area contributed by atoms with E-state index in [2.05, 4.69) is 15.3 Å². The predicted molar refractivity (Wildman–Crippen MR) is 98.5 cm³/mol. The first-order valence-corrected chi connectivity index (χ1v) is 8.59. The zero-order valence-corrected chi connectivity index (χ0v) is 15.4. The fourth-order valence-corrected chi connectivity index (χ4v) is 3.00. The van der Waals surface area contributed by atoms with Gasteiger partial charge in [0, 0.05) is 20.7 Å². The number of nitrogens with one attached hydrogen (secondary N) is 1. The number of methoxy groups -OCH3 is 1. The summed E-state index contributed by atoms with van der Waals surface area (Å²) in [4.78, 5) is 22.7. The second-order valence-electron chi connectivity index (χ2n) is 6.46. The van der Waals surface area contributed by atoms with Crippen molar-refractivity contribution in [3.63, 3.8) is 0 Å². The van der Waals surface area contributed by atoms with Gasteiger partial charge >= 0.3 is 0 Å². The fraction of sp³-hybridized carbons (Fsp3) is 0.421. The molecule has 7 nitrogen and oxygen atoms in total. The van der Waals surface area contributed by atoms with Crippen LogP contribution in [0.15, 0.2) is 36.7 Å². The Morgan fingerprint density at radius 3 is 2.69 bits per heavy atom. The van der Waals surface area contributed by atoms with Gasteiger partial charge in [0.2, 0.25) is 5.82 Å². The van der Waals surface area contributed by atoms with Crippen LogP contribution < -0.4 is 10.1 Å². The second-order valence-corrected chi connectivity index (χ2v) is 6.46. The number of carbonyl (C=O) groups excluding carboxylic acids is 1. The number of aryl methyl sites for hydroxylation is 1. The summed E-state index contributed by atoms with van der Waals surface area (Å²) in [5.74, 6) is 0.831. The van der Waals surface area contributed by atoms with Crippen LogP contribution in [0.25, 0.3) is 0 Å². The number of ether oxygens (including phenoxy) is 2. The molecular formula is C19H24N4O3. The predicted octanol–water partition coefficient (Wildman–Crippen LogP) is 2.14. The van der Waals surface area contributed by atoms with E-state index in [1.165, 1.54) is 0 Å². The van der Waals surface area contributed by atoms with Gasteiger partial charge in [-0.1, -0.05) is 18.2 Å². The highest BCUT2D eigenvalue weighted by Gasteiger charge is 2.42. The number of amides is 1. The minimum atomic E-state index is -0.525. The van der Waals surface area contributed by atoms with Gasteiger partial charge in [-0.05, 0) is 25.0 Å². The highest BCUT2D eigenvalue weighted by Crippen LogP contribution is 2.28. The Bertz CT molecular complexity index is 766. The Morgan fingerprint density at radius 2 is 2.04 bits per heavy atom. The molecule has 1 amide bonds. The van der Waals surface area contributed by atoms with Gasteiger partial charge in [-0.3, -0.25) is 4.79 Å². The van der Waals surface area contributed by atoms with Gasteiger partial charge in [0.1, 0.15) is 18.0 Å². The van der Waals surface area contributed by atoms with Crippen molar-refractivity contribution in [2.24, 2.45) is 0 Å². The van der Waals surface area contributed by atoms with Gasteiger partial charge < -0.3 is 19.7 Å². The van der Waals surface area contributed by atoms with E-state index in [1.54, 1.807) is 31.5 Å². The average molecular weight is 356 g/mol. The van der Waals surface area contributed by atoms with Crippen LogP contribution in [0.3, 0.4) is 0 Å². The summed E-state index contributed by atoms with van der Waals surface area (Å²) < 4.78 is 11.7. The number of rotatable bonds is 6. The maximum Gasteiger partial charge on any atom is 0.291 e. The zero-order valence-electron chi connectivity index (χ0n) is 15.4. The first-order valence-electron chi connectivity index (χ1n) is 8.59. The minimum absolute atomic E-state index is 0.190. The maximum atomic E-state index is 12.7. The van der Waals surface area contributed by atoms with Crippen molar-refractivity contribution in [1.82, 2.24) is 14.9 Å². The van der Waals surface area contributed by atoms with E-state index in [9.17, 15) is 4.79 Å². The van der Waals surface area contributed by atoms with E-state index in [1.807, 2.05) is 31.2 Å². The smallest absolute Gasteiger partial charge is 0.291 e. The van der Waals surface area contributed by atoms with Crippen LogP contribution in [0.1, 0.15) is 22.6 Å². The fourth-order valence-electron chi connectivity index (χ4n) is 3.00. The first kappa shape index (κ1) is 18.1. The molecule has 1 aromatic carbocycles. The molecule has 7 heteroatoms. The average Bonchev–Trinajstić information content (AvgIpc) is 3.12. The molecule has 1 saturated heterocycles. The number of para-hydroxylation sites is 1. The largest absolute Gasteiger partial charge is 0.490 e. The number of carbonyl (C=O) groups is 1. The molecule has 138 valence electrons. The maximum absolute atomic E-state index is 12.7. The molecule has 0 radical (unpaired) electrons. The molecule has 1 fully saturated rings. The van der Waals surface area contributed by atoms with Gasteiger partial charge in [-0.2, -0.15) is 0 Å². The van der Waals surface area contributed by atoms with Gasteiger partial charge in [0.25, 0.3) is 5.91 Å². The highest BCUT2D eigenvalue weighted by molar-refractivity contribution is 5.90. The molecule has 0 spiro atoms. The summed E-state index contributed by atoms with van der Waals surface area (Å²) in [6, 6.07) is 7.86. The Kier molecular flexibility index (Phi) is 5.37. The van der Waals surface area contributed by atoms with Crippen LogP contribution >= 0.6 is 0 Å². The van der Waals surface area contributed by atoms with Crippen LogP contribution in [-0.4, -0.2) is 60.2 Å². The van der Waals surface area contributed by atoms with Crippen molar-refractivity contribution in [1.29, 1.82) is 0 Å². The van der Waals surface area contributed by atoms with Crippen LogP contribution in [0.5, 0.6) is 5.75 Å². The lowest BCUT2D eigenvalue weighted by Crippen LogP contribution is -2.42. The summed E-state index contributed by atoms with van der Waals surface area (Å²) in [5, 5.41) is 2.94. The van der Waals surface area contributed by atoms with Gasteiger partial charge in [-0.25, -0.2) is 9.97 Å². The summed E-state index contributed by atoms with van der Waals surface area (Å²) in [7, 11) is 3.44. The molecule has 0 aliphatic carbocycles. The van der Waals surface area contributed by atoms with Crippen LogP contribution in [-0.2, 0) is 4.74 Å². The van der Waals surface area contributed by atoms with E-state index in [-0.39, 0.29) is 11.7 Å². The normalized spacial score (nSPS) is 19.4. The number of hydrogen-bond donors (Lipinski definition) is 1. The molecular weight excluding hydrogens is 332 g/mol. The lowest BCUT2D eigenvalue weighted by molar-refractivity contribution is -0.0344. The molecule has 2 aromatic rings. The first-order chi connectivity index (χ1) is 12.6. The zero-order chi connectivity index (χ0) is 18.6. The third kappa shape index (κ3) is 3.77. The Morgan fingerprint density at radius 1 is 1.31 bits per heavy atom. The molecule has 1 aromatic heterocycles. The van der Waals surface area contributed by atoms with Gasteiger partial charge in [0.15, 0.2) is 0 Å². The number of benzene rings is 1. The van der Waals surface area contributed by atoms with E-state index in [0.29, 0.717) is 26.1 Å². The Labute approximate surface area is 153 Å². The van der Waals surface area contributed by atoms with Crippen molar-refractivity contribution >= 4 is 11.6 Å². The summed E-state index contributed by atoms with van der Waals surface area (Å²) >= 11 is 0. The number of likely N-dealkylation sites (tertiary alicyclic amines) is 1. The third-order valence-electron chi connectivity index (χ3n) is 4.75. The molecule has 0 unspecified atom stereocenters. The molecule has 1 aliphatic heterocycles. The monoisotopic (exact) mass is 356 g/mol. The van der Waals surface area contributed by atoms with E-state index in [0.717, 1.165) is 17.0 Å². The van der Waals surface area contributed by atoms with Crippen LogP contribution in [0.4, 0.5) is 5.69 Å². The molecule has 2 heterocycles. The number of anilines is 1. The van der Waals surface area contributed by atoms with E-state index >= 15 is 0 Å². The van der Waals surface area contributed by atoms with Crippen molar-refractivity contribution in [3.8, 4) is 5.75 Å². The quantitative estimate of drug-likeness (QED) is 0.855. The second kappa shape index (κ2) is 7.70. The molecule has 1 atom stereocenters. The molecule has 0 bridgehead atoms. The Balaban J connectivity index is 1.66. The number of hydrogen-bond acceptors (Lipinski definition) is 6. The molecule has 0 saturated carbocycles. The van der Waals surface area contributed by atoms with Crippen LogP contribution in [0.2, 0.25) is 0 Å². The van der Waals surface area contributed by atoms with Crippen LogP contribution in [0, 0.1) is 6.92 Å².